The molecule has 0 aliphatic rings. The van der Waals surface area contributed by atoms with E-state index in [1.54, 1.807) is 24.3 Å². The van der Waals surface area contributed by atoms with Crippen LogP contribution >= 0.6 is 7.60 Å². The minimum Gasteiger partial charge on any atom is -0.506 e. The Morgan fingerprint density at radius 2 is 1.48 bits per heavy atom. The highest BCUT2D eigenvalue weighted by molar-refractivity contribution is 7.51. The second-order valence-corrected chi connectivity index (χ2v) is 7.21. The van der Waals surface area contributed by atoms with Crippen LogP contribution in [0.5, 0.6) is 11.5 Å². The Morgan fingerprint density at radius 1 is 0.966 bits per heavy atom. The minimum atomic E-state index is -4.17. The summed E-state index contributed by atoms with van der Waals surface area (Å²) in [6.07, 6.45) is -0.0393. The average Bonchev–Trinajstić information content (AvgIpc) is 2.72. The first-order valence-corrected chi connectivity index (χ1v) is 10.7. The first-order chi connectivity index (χ1) is 13.7. The van der Waals surface area contributed by atoms with E-state index in [1.807, 2.05) is 26.0 Å². The molecular formula is C19H35N4O5P. The highest BCUT2D eigenvalue weighted by atomic mass is 31.2. The third-order valence-electron chi connectivity index (χ3n) is 3.21. The van der Waals surface area contributed by atoms with Crippen LogP contribution in [0.2, 0.25) is 0 Å². The molecule has 0 aliphatic carbocycles. The van der Waals surface area contributed by atoms with Gasteiger partial charge in [0.15, 0.2) is 6.35 Å². The van der Waals surface area contributed by atoms with E-state index in [2.05, 4.69) is 22.2 Å². The molecule has 166 valence electrons. The molecule has 10 heteroatoms. The van der Waals surface area contributed by atoms with Crippen molar-refractivity contribution in [2.75, 3.05) is 27.5 Å². The second kappa shape index (κ2) is 15.9. The number of ether oxygens (including phenoxy) is 1. The van der Waals surface area contributed by atoms with E-state index in [9.17, 15) is 9.67 Å². The fraction of sp³-hybridized carbons (Fsp3) is 0.421. The van der Waals surface area contributed by atoms with E-state index in [0.29, 0.717) is 17.9 Å². The molecular weight excluding hydrogens is 395 g/mol. The van der Waals surface area contributed by atoms with Crippen molar-refractivity contribution in [1.29, 1.82) is 0 Å². The zero-order valence-electron chi connectivity index (χ0n) is 17.7. The van der Waals surface area contributed by atoms with Crippen molar-refractivity contribution in [2.24, 2.45) is 17.2 Å². The minimum absolute atomic E-state index is 0.137. The summed E-state index contributed by atoms with van der Waals surface area (Å²) in [5.74, 6) is 0.738. The Hall–Kier alpha value is -2.00. The summed E-state index contributed by atoms with van der Waals surface area (Å²) in [5.41, 5.74) is 16.0. The first-order valence-electron chi connectivity index (χ1n) is 8.93. The van der Waals surface area contributed by atoms with Crippen molar-refractivity contribution in [3.05, 3.63) is 53.3 Å². The van der Waals surface area contributed by atoms with Crippen molar-refractivity contribution in [3.63, 3.8) is 0 Å². The molecule has 0 atom stereocenters. The maximum Gasteiger partial charge on any atom is 0.362 e. The van der Waals surface area contributed by atoms with Gasteiger partial charge in [-0.1, -0.05) is 26.0 Å². The van der Waals surface area contributed by atoms with Crippen LogP contribution in [0.15, 0.2) is 36.4 Å². The molecule has 1 aromatic heterocycles. The number of aromatic nitrogens is 1. The Balaban J connectivity index is 0. The topological polar surface area (TPSA) is 178 Å². The molecule has 0 bridgehead atoms. The van der Waals surface area contributed by atoms with Gasteiger partial charge in [-0.2, -0.15) is 0 Å². The number of benzene rings is 1. The first kappa shape index (κ1) is 29.2. The molecule has 1 aromatic carbocycles. The lowest BCUT2D eigenvalue weighted by Gasteiger charge is -2.10. The predicted octanol–water partition coefficient (Wildman–Crippen LogP) is 1.74. The number of pyridine rings is 1. The fourth-order valence-corrected chi connectivity index (χ4v) is 2.42. The highest BCUT2D eigenvalue weighted by Crippen LogP contribution is 2.34. The van der Waals surface area contributed by atoms with E-state index in [-0.39, 0.29) is 11.7 Å². The summed E-state index contributed by atoms with van der Waals surface area (Å²) in [5, 5.41) is 9.79. The molecule has 9 nitrogen and oxygen atoms in total. The maximum absolute atomic E-state index is 10.8. The lowest BCUT2D eigenvalue weighted by atomic mass is 10.1. The predicted molar refractivity (Wildman–Crippen MR) is 117 cm³/mol. The van der Waals surface area contributed by atoms with Gasteiger partial charge in [-0.15, -0.1) is 0 Å². The molecule has 29 heavy (non-hydrogen) atoms. The summed E-state index contributed by atoms with van der Waals surface area (Å²) < 4.78 is 15.8. The molecule has 0 unspecified atom stereocenters. The molecule has 0 saturated heterocycles. The van der Waals surface area contributed by atoms with Crippen LogP contribution in [0.3, 0.4) is 0 Å². The van der Waals surface area contributed by atoms with Crippen molar-refractivity contribution in [3.8, 4) is 11.5 Å². The molecule has 2 aromatic rings. The fourth-order valence-electron chi connectivity index (χ4n) is 2.10. The highest BCUT2D eigenvalue weighted by Gasteiger charge is 2.13. The van der Waals surface area contributed by atoms with Crippen LogP contribution < -0.4 is 21.9 Å². The smallest absolute Gasteiger partial charge is 0.362 e. The molecule has 9 N–H and O–H groups in total. The molecule has 0 radical (unpaired) electrons. The van der Waals surface area contributed by atoms with Crippen LogP contribution in [0.4, 0.5) is 0 Å². The quantitative estimate of drug-likeness (QED) is 0.372. The third-order valence-corrected chi connectivity index (χ3v) is 3.68. The monoisotopic (exact) mass is 430 g/mol. The van der Waals surface area contributed by atoms with Gasteiger partial charge in [-0.05, 0) is 56.9 Å². The molecule has 2 rings (SSSR count). The average molecular weight is 430 g/mol. The Kier molecular flexibility index (Phi) is 16.0. The number of nitrogens with two attached hydrogens (primary N) is 3. The van der Waals surface area contributed by atoms with E-state index in [4.69, 9.17) is 14.5 Å². The van der Waals surface area contributed by atoms with Gasteiger partial charge in [0.25, 0.3) is 0 Å². The van der Waals surface area contributed by atoms with Gasteiger partial charge in [0.05, 0.1) is 5.69 Å². The molecule has 0 spiro atoms. The normalized spacial score (nSPS) is 9.90. The van der Waals surface area contributed by atoms with Gasteiger partial charge >= 0.3 is 7.60 Å². The Labute approximate surface area is 173 Å². The van der Waals surface area contributed by atoms with Crippen LogP contribution in [-0.2, 0) is 11.0 Å². The van der Waals surface area contributed by atoms with Crippen LogP contribution in [0, 0.1) is 0 Å². The van der Waals surface area contributed by atoms with Gasteiger partial charge < -0.3 is 36.8 Å². The van der Waals surface area contributed by atoms with Crippen molar-refractivity contribution < 1.29 is 24.2 Å². The molecule has 0 aliphatic heterocycles. The van der Waals surface area contributed by atoms with Crippen molar-refractivity contribution in [2.45, 2.75) is 26.2 Å². The zero-order valence-corrected chi connectivity index (χ0v) is 18.6. The van der Waals surface area contributed by atoms with E-state index < -0.39 is 13.9 Å². The number of aromatic hydroxyl groups is 1. The zero-order chi connectivity index (χ0) is 23.0. The van der Waals surface area contributed by atoms with Crippen LogP contribution in [-0.4, -0.2) is 47.4 Å². The number of hydrogen-bond acceptors (Lipinski definition) is 7. The summed E-state index contributed by atoms with van der Waals surface area (Å²) in [6.45, 7) is 3.94. The summed E-state index contributed by atoms with van der Waals surface area (Å²) in [6, 6.07) is 10.4. The summed E-state index contributed by atoms with van der Waals surface area (Å²) in [7, 11) is 0.327. The molecule has 0 amide bonds. The van der Waals surface area contributed by atoms with Gasteiger partial charge in [-0.3, -0.25) is 9.55 Å². The Morgan fingerprint density at radius 3 is 1.93 bits per heavy atom. The lowest BCUT2D eigenvalue weighted by molar-refractivity contribution is 0.300. The number of rotatable bonds is 6. The molecule has 0 fully saturated rings. The third kappa shape index (κ3) is 12.2. The lowest BCUT2D eigenvalue weighted by Crippen LogP contribution is -2.00. The SMILES string of the molecule is CC(C)c1nc(Cc2ccc(OCP(=O)(O)O)cc2)ccc1O.CN.CN.CN. The Bertz CT molecular complexity index is 721. The van der Waals surface area contributed by atoms with Crippen LogP contribution in [0.25, 0.3) is 0 Å². The summed E-state index contributed by atoms with van der Waals surface area (Å²) in [4.78, 5) is 22.0. The van der Waals surface area contributed by atoms with E-state index >= 15 is 0 Å². The van der Waals surface area contributed by atoms with Crippen molar-refractivity contribution >= 4 is 7.60 Å². The van der Waals surface area contributed by atoms with Gasteiger partial charge in [-0.25, -0.2) is 0 Å². The number of nitrogens with zero attached hydrogens (tertiary/aromatic N) is 1. The molecule has 0 saturated carbocycles. The largest absolute Gasteiger partial charge is 0.506 e. The second-order valence-electron chi connectivity index (χ2n) is 5.62. The van der Waals surface area contributed by atoms with Crippen molar-refractivity contribution in [1.82, 2.24) is 4.98 Å². The maximum atomic E-state index is 10.8. The van der Waals surface area contributed by atoms with E-state index in [1.165, 1.54) is 21.1 Å². The van der Waals surface area contributed by atoms with E-state index in [0.717, 1.165) is 11.3 Å². The number of hydrogen-bond donors (Lipinski definition) is 6. The van der Waals surface area contributed by atoms with Gasteiger partial charge in [0.2, 0.25) is 0 Å². The molecule has 1 heterocycles. The van der Waals surface area contributed by atoms with Crippen LogP contribution in [0.1, 0.15) is 36.7 Å². The van der Waals surface area contributed by atoms with Gasteiger partial charge in [0, 0.05) is 12.1 Å². The standard InChI is InChI=1S/C16H20NO5P.3CH5N/c1-11(2)16-15(18)8-5-13(17-16)9-12-3-6-14(7-4-12)22-10-23(19,20)21;3*1-2/h3-8,11,18H,9-10H2,1-2H3,(H2,19,20,21);3*2H2,1H3. The van der Waals surface area contributed by atoms with Gasteiger partial charge in [0.1, 0.15) is 11.5 Å². The summed E-state index contributed by atoms with van der Waals surface area (Å²) >= 11 is 0.